The molecular weight excluding hydrogens is 267 g/mol. The van der Waals surface area contributed by atoms with Crippen LogP contribution < -0.4 is 0 Å². The second-order valence-electron chi connectivity index (χ2n) is 3.32. The van der Waals surface area contributed by atoms with Crippen molar-refractivity contribution in [1.29, 1.82) is 0 Å². The van der Waals surface area contributed by atoms with Crippen molar-refractivity contribution in [2.75, 3.05) is 0 Å². The molecule has 3 aliphatic heterocycles. The fourth-order valence-corrected chi connectivity index (χ4v) is 36.2. The van der Waals surface area contributed by atoms with Crippen LogP contribution >= 0.6 is 0 Å². The van der Waals surface area contributed by atoms with Crippen LogP contribution in [0.15, 0.2) is 0 Å². The first-order chi connectivity index (χ1) is 3.23. The topological polar surface area (TPSA) is 0 Å². The third kappa shape index (κ3) is 0.192. The Kier molecular flexibility index (Phi) is 0.241. The van der Waals surface area contributed by atoms with Crippen LogP contribution in [0, 0.1) is 0 Å². The molecule has 7 heavy (non-hydrogen) atoms. The summed E-state index contributed by atoms with van der Waals surface area (Å²) in [4.78, 5) is 10.7. The summed E-state index contributed by atoms with van der Waals surface area (Å²) in [5.41, 5.74) is 0. The Morgan fingerprint density at radius 2 is 0.857 bits per heavy atom. The van der Waals surface area contributed by atoms with Gasteiger partial charge < -0.3 is 0 Å². The molecule has 3 heterocycles. The summed E-state index contributed by atoms with van der Waals surface area (Å²) in [5.74, 6) is 0. The molecule has 0 aromatic carbocycles. The van der Waals surface area contributed by atoms with Crippen LogP contribution in [-0.2, 0) is 13.6 Å². The second kappa shape index (κ2) is 0.460. The summed E-state index contributed by atoms with van der Waals surface area (Å²) in [7, 11) is 0. The van der Waals surface area contributed by atoms with E-state index in [1.165, 1.54) is 0 Å². The van der Waals surface area contributed by atoms with E-state index in [-0.39, 0.29) is 0 Å². The van der Waals surface area contributed by atoms with Crippen LogP contribution in [0.4, 0.5) is 0 Å². The molecule has 0 unspecified atom stereocenters. The van der Waals surface area contributed by atoms with Gasteiger partial charge in [0, 0.05) is 0 Å². The van der Waals surface area contributed by atoms with E-state index in [2.05, 4.69) is 0 Å². The van der Waals surface area contributed by atoms with Gasteiger partial charge >= 0.3 is 42.4 Å². The van der Waals surface area contributed by atoms with Crippen molar-refractivity contribution >= 4 is 0 Å². The first-order valence-corrected chi connectivity index (χ1v) is 12.5. The molecule has 0 aliphatic carbocycles. The Morgan fingerprint density at radius 3 is 0.857 bits per heavy atom. The molecule has 0 aromatic heterocycles. The Balaban J connectivity index is 2.42. The molecule has 3 fully saturated rings. The van der Waals surface area contributed by atoms with Gasteiger partial charge in [0.05, 0.1) is 0 Å². The number of rotatable bonds is 0. The van der Waals surface area contributed by atoms with Gasteiger partial charge in [0.25, 0.3) is 0 Å². The van der Waals surface area contributed by atoms with Gasteiger partial charge in [-0.3, -0.25) is 0 Å². The van der Waals surface area contributed by atoms with Crippen molar-refractivity contribution in [3.05, 3.63) is 0 Å². The third-order valence-corrected chi connectivity index (χ3v) is 25.8. The molecule has 3 aliphatic rings. The molecule has 3 rings (SSSR count). The molecule has 3 saturated heterocycles. The van der Waals surface area contributed by atoms with E-state index < -0.39 is 13.6 Å². The second-order valence-corrected chi connectivity index (χ2v) is 27.2. The van der Waals surface area contributed by atoms with E-state index in [1.54, 1.807) is 28.9 Å². The zero-order valence-electron chi connectivity index (χ0n) is 4.56. The van der Waals surface area contributed by atoms with Crippen LogP contribution in [0.1, 0.15) is 0 Å². The van der Waals surface area contributed by atoms with Gasteiger partial charge in [0.15, 0.2) is 0 Å². The van der Waals surface area contributed by atoms with Crippen LogP contribution in [-0.4, -0.2) is 0 Å². The average Bonchev–Trinajstić information content (AvgIpc) is 2.58. The molecule has 0 amide bonds. The molecule has 1 heteroatoms. The number of hydrogen-bond acceptors (Lipinski definition) is 0. The zero-order valence-corrected chi connectivity index (χ0v) is 6.83. The molecule has 46 valence electrons. The van der Waals surface area contributed by atoms with Crippen molar-refractivity contribution in [2.45, 2.75) is 28.9 Å². The number of hydrogen-bond donors (Lipinski definition) is 0. The molecule has 0 bridgehead atoms. The fourth-order valence-electron chi connectivity index (χ4n) is 1.37. The molecular formula is C6H12Pt. The van der Waals surface area contributed by atoms with Gasteiger partial charge in [0.1, 0.15) is 0 Å². The van der Waals surface area contributed by atoms with E-state index in [9.17, 15) is 0 Å². The quantitative estimate of drug-likeness (QED) is 0.639. The average molecular weight is 279 g/mol. The molecule has 0 radical (unpaired) electrons. The van der Waals surface area contributed by atoms with Crippen LogP contribution in [0.25, 0.3) is 0 Å². The van der Waals surface area contributed by atoms with E-state index in [0.717, 1.165) is 0 Å². The summed E-state index contributed by atoms with van der Waals surface area (Å²) >= 11 is -1.37. The van der Waals surface area contributed by atoms with Crippen molar-refractivity contribution < 1.29 is 13.6 Å². The minimum absolute atomic E-state index is 1.37. The van der Waals surface area contributed by atoms with Crippen LogP contribution in [0.3, 0.4) is 0 Å². The van der Waals surface area contributed by atoms with Gasteiger partial charge in [-0.2, -0.15) is 0 Å². The summed E-state index contributed by atoms with van der Waals surface area (Å²) in [6.07, 6.45) is 0. The molecule has 1 spiro atoms. The van der Waals surface area contributed by atoms with Crippen molar-refractivity contribution in [3.63, 3.8) is 0 Å². The summed E-state index contributed by atoms with van der Waals surface area (Å²) in [5, 5.41) is 0. The van der Waals surface area contributed by atoms with Crippen LogP contribution in [0.5, 0.6) is 0 Å². The van der Waals surface area contributed by atoms with Crippen molar-refractivity contribution in [2.24, 2.45) is 0 Å². The minimum atomic E-state index is -1.37. The maximum atomic E-state index is 1.79. The first-order valence-electron chi connectivity index (χ1n) is 2.84. The predicted octanol–water partition coefficient (Wildman–Crippen LogP) is 2.76. The normalized spacial score (nSPS) is 61.7. The SMILES string of the molecule is [CH2]1[CH2][Pt]123([CH2][CH2]2)[CH2][CH2]3. The summed E-state index contributed by atoms with van der Waals surface area (Å²) in [6.45, 7) is 0. The predicted molar refractivity (Wildman–Crippen MR) is 28.8 cm³/mol. The van der Waals surface area contributed by atoms with Crippen molar-refractivity contribution in [3.8, 4) is 0 Å². The van der Waals surface area contributed by atoms with Gasteiger partial charge in [0.2, 0.25) is 0 Å². The Bertz CT molecular complexity index is 115. The first kappa shape index (κ1) is 3.66. The molecule has 0 atom stereocenters. The van der Waals surface area contributed by atoms with Gasteiger partial charge in [-0.25, -0.2) is 0 Å². The van der Waals surface area contributed by atoms with E-state index in [1.807, 2.05) is 0 Å². The third-order valence-electron chi connectivity index (χ3n) is 3.16. The monoisotopic (exact) mass is 279 g/mol. The zero-order chi connectivity index (χ0) is 4.65. The van der Waals surface area contributed by atoms with E-state index >= 15 is 0 Å². The maximum absolute atomic E-state index is 1.79. The van der Waals surface area contributed by atoms with E-state index in [0.29, 0.717) is 0 Å². The standard InChI is InChI=1S/3C2H4.Pt/c3*1-2;/h3*1-2H2;. The molecule has 0 saturated carbocycles. The molecule has 0 nitrogen and oxygen atoms in total. The Morgan fingerprint density at radius 1 is 0.571 bits per heavy atom. The van der Waals surface area contributed by atoms with Gasteiger partial charge in [-0.1, -0.05) is 0 Å². The Labute approximate surface area is 42.8 Å². The van der Waals surface area contributed by atoms with Crippen LogP contribution in [0.2, 0.25) is 28.9 Å². The summed E-state index contributed by atoms with van der Waals surface area (Å²) < 4.78 is 0. The molecule has 0 aromatic rings. The van der Waals surface area contributed by atoms with Crippen molar-refractivity contribution in [1.82, 2.24) is 0 Å². The summed E-state index contributed by atoms with van der Waals surface area (Å²) in [6, 6.07) is 0. The van der Waals surface area contributed by atoms with Gasteiger partial charge in [-0.15, -0.1) is 0 Å². The van der Waals surface area contributed by atoms with E-state index in [4.69, 9.17) is 0 Å². The Hall–Kier alpha value is 0.688. The fraction of sp³-hybridized carbons (Fsp3) is 1.00. The van der Waals surface area contributed by atoms with Gasteiger partial charge in [-0.05, 0) is 0 Å². The molecule has 0 N–H and O–H groups in total.